The molecule has 1 saturated heterocycles. The summed E-state index contributed by atoms with van der Waals surface area (Å²) in [4.78, 5) is 14.6. The highest BCUT2D eigenvalue weighted by atomic mass is 16.5. The highest BCUT2D eigenvalue weighted by Crippen LogP contribution is 2.25. The Morgan fingerprint density at radius 2 is 2.08 bits per heavy atom. The zero-order valence-corrected chi connectivity index (χ0v) is 14.5. The van der Waals surface area contributed by atoms with Crippen LogP contribution in [0.4, 0.5) is 0 Å². The van der Waals surface area contributed by atoms with E-state index in [1.54, 1.807) is 7.11 Å². The number of nitrogens with zero attached hydrogens (tertiary/aromatic N) is 3. The second-order valence-electron chi connectivity index (χ2n) is 6.59. The summed E-state index contributed by atoms with van der Waals surface area (Å²) in [7, 11) is 1.66. The summed E-state index contributed by atoms with van der Waals surface area (Å²) in [5, 5.41) is 4.73. The van der Waals surface area contributed by atoms with Crippen molar-refractivity contribution in [2.24, 2.45) is 0 Å². The molecule has 0 unspecified atom stereocenters. The first-order valence-electron chi connectivity index (χ1n) is 8.86. The second-order valence-corrected chi connectivity index (χ2v) is 6.59. The van der Waals surface area contributed by atoms with Gasteiger partial charge in [0.1, 0.15) is 11.9 Å². The molecular formula is C19H23N3O3. The Bertz CT molecular complexity index is 748. The molecule has 0 N–H and O–H groups in total. The average molecular weight is 341 g/mol. The summed E-state index contributed by atoms with van der Waals surface area (Å²) in [6.07, 6.45) is 2.47. The van der Waals surface area contributed by atoms with E-state index in [9.17, 15) is 4.79 Å². The van der Waals surface area contributed by atoms with Gasteiger partial charge in [0.25, 0.3) is 5.91 Å². The van der Waals surface area contributed by atoms with E-state index in [2.05, 4.69) is 6.07 Å². The molecule has 0 saturated carbocycles. The Morgan fingerprint density at radius 3 is 2.80 bits per heavy atom. The van der Waals surface area contributed by atoms with Crippen molar-refractivity contribution < 1.29 is 14.3 Å². The number of amides is 1. The molecule has 0 spiro atoms. The number of rotatable bonds is 3. The van der Waals surface area contributed by atoms with E-state index in [0.717, 1.165) is 55.1 Å². The Balaban J connectivity index is 1.54. The van der Waals surface area contributed by atoms with Crippen molar-refractivity contribution in [3.63, 3.8) is 0 Å². The van der Waals surface area contributed by atoms with E-state index in [-0.39, 0.29) is 12.0 Å². The summed E-state index contributed by atoms with van der Waals surface area (Å²) < 4.78 is 12.8. The molecule has 0 aliphatic carbocycles. The monoisotopic (exact) mass is 341 g/mol. The topological polar surface area (TPSA) is 56.6 Å². The van der Waals surface area contributed by atoms with Crippen LogP contribution in [0.25, 0.3) is 11.3 Å². The van der Waals surface area contributed by atoms with E-state index in [1.807, 2.05) is 33.8 Å². The van der Waals surface area contributed by atoms with E-state index in [0.29, 0.717) is 13.2 Å². The number of carbonyl (C=O) groups excluding carboxylic acids is 1. The fourth-order valence-corrected chi connectivity index (χ4v) is 3.53. The standard InChI is InChI=1S/C19H23N3O3/c1-24-16-7-5-14(6-8-16)17-12-15-13-21(9-3-10-22(15)20-17)19(23)18-4-2-11-25-18/h5-8,12,18H,2-4,9-11,13H2,1H3/t18-/m1/s1. The van der Waals surface area contributed by atoms with Gasteiger partial charge >= 0.3 is 0 Å². The van der Waals surface area contributed by atoms with Crippen LogP contribution in [0.1, 0.15) is 25.0 Å². The molecule has 2 aliphatic heterocycles. The van der Waals surface area contributed by atoms with Crippen LogP contribution in [0, 0.1) is 0 Å². The van der Waals surface area contributed by atoms with Gasteiger partial charge in [0, 0.05) is 25.3 Å². The lowest BCUT2D eigenvalue weighted by Crippen LogP contribution is -2.38. The van der Waals surface area contributed by atoms with Gasteiger partial charge in [-0.3, -0.25) is 9.48 Å². The molecule has 3 heterocycles. The van der Waals surface area contributed by atoms with E-state index in [4.69, 9.17) is 14.6 Å². The summed E-state index contributed by atoms with van der Waals surface area (Å²) in [6.45, 7) is 2.90. The number of methoxy groups -OCH3 is 1. The highest BCUT2D eigenvalue weighted by Gasteiger charge is 2.30. The molecule has 25 heavy (non-hydrogen) atoms. The third-order valence-corrected chi connectivity index (χ3v) is 4.92. The Hall–Kier alpha value is -2.34. The van der Waals surface area contributed by atoms with Crippen LogP contribution < -0.4 is 4.74 Å². The lowest BCUT2D eigenvalue weighted by molar-refractivity contribution is -0.141. The number of aromatic nitrogens is 2. The first-order valence-corrected chi connectivity index (χ1v) is 8.86. The molecule has 1 amide bonds. The summed E-state index contributed by atoms with van der Waals surface area (Å²) in [6, 6.07) is 9.98. The summed E-state index contributed by atoms with van der Waals surface area (Å²) >= 11 is 0. The average Bonchev–Trinajstić information content (AvgIpc) is 3.27. The molecule has 132 valence electrons. The van der Waals surface area contributed by atoms with Crippen molar-refractivity contribution >= 4 is 5.91 Å². The minimum Gasteiger partial charge on any atom is -0.497 e. The third kappa shape index (κ3) is 3.26. The maximum absolute atomic E-state index is 12.7. The Kier molecular flexibility index (Phi) is 4.44. The number of ether oxygens (including phenoxy) is 2. The molecular weight excluding hydrogens is 318 g/mol. The number of aryl methyl sites for hydroxylation is 1. The van der Waals surface area contributed by atoms with Crippen molar-refractivity contribution in [2.75, 3.05) is 20.3 Å². The summed E-state index contributed by atoms with van der Waals surface area (Å²) in [5.41, 5.74) is 3.07. The van der Waals surface area contributed by atoms with Crippen LogP contribution in [-0.4, -0.2) is 47.0 Å². The van der Waals surface area contributed by atoms with Crippen molar-refractivity contribution in [3.8, 4) is 17.0 Å². The van der Waals surface area contributed by atoms with Crippen LogP contribution in [0.2, 0.25) is 0 Å². The number of hydrogen-bond donors (Lipinski definition) is 0. The van der Waals surface area contributed by atoms with Gasteiger partial charge in [-0.2, -0.15) is 5.10 Å². The molecule has 4 rings (SSSR count). The SMILES string of the molecule is COc1ccc(-c2cc3n(n2)CCCN(C(=O)[C@H]2CCCO2)C3)cc1. The fourth-order valence-electron chi connectivity index (χ4n) is 3.53. The van der Waals surface area contributed by atoms with Crippen LogP contribution in [0.3, 0.4) is 0 Å². The molecule has 2 aromatic rings. The molecule has 2 aliphatic rings. The minimum absolute atomic E-state index is 0.123. The zero-order chi connectivity index (χ0) is 17.2. The van der Waals surface area contributed by atoms with Crippen molar-refractivity contribution in [1.29, 1.82) is 0 Å². The van der Waals surface area contributed by atoms with Crippen molar-refractivity contribution in [1.82, 2.24) is 14.7 Å². The van der Waals surface area contributed by atoms with Gasteiger partial charge in [-0.1, -0.05) is 0 Å². The lowest BCUT2D eigenvalue weighted by Gasteiger charge is -2.23. The number of benzene rings is 1. The smallest absolute Gasteiger partial charge is 0.252 e. The Morgan fingerprint density at radius 1 is 1.24 bits per heavy atom. The largest absolute Gasteiger partial charge is 0.497 e. The van der Waals surface area contributed by atoms with Gasteiger partial charge in [-0.15, -0.1) is 0 Å². The first kappa shape index (κ1) is 16.1. The Labute approximate surface area is 147 Å². The number of carbonyl (C=O) groups is 1. The van der Waals surface area contributed by atoms with Gasteiger partial charge in [0.15, 0.2) is 0 Å². The van der Waals surface area contributed by atoms with Gasteiger partial charge in [-0.05, 0) is 49.6 Å². The third-order valence-electron chi connectivity index (χ3n) is 4.92. The summed E-state index contributed by atoms with van der Waals surface area (Å²) in [5.74, 6) is 0.955. The molecule has 1 atom stereocenters. The van der Waals surface area contributed by atoms with Gasteiger partial charge in [0.2, 0.25) is 0 Å². The minimum atomic E-state index is -0.254. The van der Waals surface area contributed by atoms with Crippen LogP contribution in [0.5, 0.6) is 5.75 Å². The molecule has 6 nitrogen and oxygen atoms in total. The molecule has 1 aromatic carbocycles. The first-order chi connectivity index (χ1) is 12.2. The van der Waals surface area contributed by atoms with Crippen LogP contribution in [0.15, 0.2) is 30.3 Å². The molecule has 1 fully saturated rings. The van der Waals surface area contributed by atoms with E-state index in [1.165, 1.54) is 0 Å². The number of hydrogen-bond acceptors (Lipinski definition) is 4. The predicted octanol–water partition coefficient (Wildman–Crippen LogP) is 2.47. The highest BCUT2D eigenvalue weighted by molar-refractivity contribution is 5.81. The van der Waals surface area contributed by atoms with Crippen molar-refractivity contribution in [2.45, 2.75) is 38.5 Å². The van der Waals surface area contributed by atoms with Gasteiger partial charge in [-0.25, -0.2) is 0 Å². The van der Waals surface area contributed by atoms with Gasteiger partial charge < -0.3 is 14.4 Å². The van der Waals surface area contributed by atoms with Crippen LogP contribution >= 0.6 is 0 Å². The van der Waals surface area contributed by atoms with E-state index >= 15 is 0 Å². The molecule has 0 radical (unpaired) electrons. The number of fused-ring (bicyclic) bond motifs is 1. The van der Waals surface area contributed by atoms with Gasteiger partial charge in [0.05, 0.1) is 25.0 Å². The molecule has 0 bridgehead atoms. The quantitative estimate of drug-likeness (QED) is 0.861. The fraction of sp³-hybridized carbons (Fsp3) is 0.474. The molecule has 1 aromatic heterocycles. The zero-order valence-electron chi connectivity index (χ0n) is 14.5. The second kappa shape index (κ2) is 6.88. The maximum atomic E-state index is 12.7. The normalized spacial score (nSPS) is 20.2. The van der Waals surface area contributed by atoms with Crippen molar-refractivity contribution in [3.05, 3.63) is 36.0 Å². The lowest BCUT2D eigenvalue weighted by atomic mass is 10.1. The van der Waals surface area contributed by atoms with Crippen LogP contribution in [-0.2, 0) is 22.6 Å². The molecule has 6 heteroatoms. The maximum Gasteiger partial charge on any atom is 0.252 e. The predicted molar refractivity (Wildman–Crippen MR) is 93.2 cm³/mol. The van der Waals surface area contributed by atoms with E-state index < -0.39 is 0 Å².